The van der Waals surface area contributed by atoms with Crippen LogP contribution in [0.15, 0.2) is 35.6 Å². The van der Waals surface area contributed by atoms with Crippen LogP contribution in [0.1, 0.15) is 36.9 Å². The Morgan fingerprint density at radius 1 is 1.29 bits per heavy atom. The van der Waals surface area contributed by atoms with Gasteiger partial charge in [-0.2, -0.15) is 0 Å². The minimum atomic E-state index is -0.492. The van der Waals surface area contributed by atoms with Crippen molar-refractivity contribution in [1.29, 1.82) is 0 Å². The van der Waals surface area contributed by atoms with Crippen LogP contribution in [0.4, 0.5) is 0 Å². The molecule has 0 saturated heterocycles. The van der Waals surface area contributed by atoms with Crippen molar-refractivity contribution >= 4 is 11.7 Å². The Balaban J connectivity index is 2.42. The molecule has 0 saturated carbocycles. The van der Waals surface area contributed by atoms with Crippen molar-refractivity contribution in [2.75, 3.05) is 27.2 Å². The van der Waals surface area contributed by atoms with Gasteiger partial charge in [0.25, 0.3) is 5.91 Å². The summed E-state index contributed by atoms with van der Waals surface area (Å²) in [5, 5.41) is 10.3. The molecule has 0 radical (unpaired) electrons. The van der Waals surface area contributed by atoms with E-state index in [2.05, 4.69) is 4.90 Å². The SMILES string of the molecule is CCC(=O)C1=C(O)C(=O)N(CCCN(C)C)C1c1ccccc1C. The van der Waals surface area contributed by atoms with E-state index in [4.69, 9.17) is 0 Å². The second-order valence-electron chi connectivity index (χ2n) is 6.45. The number of aliphatic hydroxyl groups excluding tert-OH is 1. The van der Waals surface area contributed by atoms with Crippen molar-refractivity contribution in [1.82, 2.24) is 9.80 Å². The van der Waals surface area contributed by atoms with E-state index < -0.39 is 11.9 Å². The lowest BCUT2D eigenvalue weighted by Crippen LogP contribution is -2.33. The van der Waals surface area contributed by atoms with Crippen molar-refractivity contribution in [3.05, 3.63) is 46.7 Å². The molecule has 0 fully saturated rings. The molecule has 1 N–H and O–H groups in total. The molecule has 1 amide bonds. The van der Waals surface area contributed by atoms with Crippen molar-refractivity contribution in [2.45, 2.75) is 32.7 Å². The molecule has 1 aromatic carbocycles. The Morgan fingerprint density at radius 2 is 1.96 bits per heavy atom. The van der Waals surface area contributed by atoms with E-state index in [-0.39, 0.29) is 23.5 Å². The Labute approximate surface area is 143 Å². The van der Waals surface area contributed by atoms with Gasteiger partial charge >= 0.3 is 0 Å². The van der Waals surface area contributed by atoms with Gasteiger partial charge in [-0.1, -0.05) is 31.2 Å². The summed E-state index contributed by atoms with van der Waals surface area (Å²) in [5.74, 6) is -1.01. The molecule has 2 rings (SSSR count). The molecule has 0 bridgehead atoms. The predicted molar refractivity (Wildman–Crippen MR) is 93.8 cm³/mol. The maximum absolute atomic E-state index is 12.6. The summed E-state index contributed by atoms with van der Waals surface area (Å²) in [6, 6.07) is 7.22. The number of hydrogen-bond donors (Lipinski definition) is 1. The van der Waals surface area contributed by atoms with Crippen molar-refractivity contribution in [2.24, 2.45) is 0 Å². The van der Waals surface area contributed by atoms with Gasteiger partial charge in [0.1, 0.15) is 0 Å². The Morgan fingerprint density at radius 3 is 2.54 bits per heavy atom. The third-order valence-corrected chi connectivity index (χ3v) is 4.41. The van der Waals surface area contributed by atoms with E-state index >= 15 is 0 Å². The van der Waals surface area contributed by atoms with E-state index in [0.29, 0.717) is 6.54 Å². The zero-order valence-electron chi connectivity index (χ0n) is 14.9. The number of aliphatic hydroxyl groups is 1. The topological polar surface area (TPSA) is 60.9 Å². The van der Waals surface area contributed by atoms with Crippen LogP contribution < -0.4 is 0 Å². The lowest BCUT2D eigenvalue weighted by Gasteiger charge is -2.28. The van der Waals surface area contributed by atoms with E-state index in [1.54, 1.807) is 11.8 Å². The second kappa shape index (κ2) is 7.62. The first-order valence-corrected chi connectivity index (χ1v) is 8.36. The van der Waals surface area contributed by atoms with Crippen LogP contribution >= 0.6 is 0 Å². The molecule has 1 unspecified atom stereocenters. The highest BCUT2D eigenvalue weighted by Gasteiger charge is 2.42. The highest BCUT2D eigenvalue weighted by Crippen LogP contribution is 2.39. The van der Waals surface area contributed by atoms with Gasteiger partial charge in [-0.05, 0) is 45.1 Å². The molecule has 5 nitrogen and oxygen atoms in total. The van der Waals surface area contributed by atoms with Crippen molar-refractivity contribution < 1.29 is 14.7 Å². The van der Waals surface area contributed by atoms with Gasteiger partial charge < -0.3 is 14.9 Å². The molecule has 1 aliphatic heterocycles. The van der Waals surface area contributed by atoms with Crippen molar-refractivity contribution in [3.8, 4) is 0 Å². The summed E-state index contributed by atoms with van der Waals surface area (Å²) >= 11 is 0. The fraction of sp³-hybridized carbons (Fsp3) is 0.474. The first-order valence-electron chi connectivity index (χ1n) is 8.36. The Hall–Kier alpha value is -2.14. The zero-order chi connectivity index (χ0) is 17.9. The number of Topliss-reactive ketones (excluding diaryl/α,β-unsaturated/α-hetero) is 1. The second-order valence-corrected chi connectivity index (χ2v) is 6.45. The van der Waals surface area contributed by atoms with Crippen LogP contribution in [-0.4, -0.2) is 53.8 Å². The van der Waals surface area contributed by atoms with Crippen LogP contribution in [-0.2, 0) is 9.59 Å². The zero-order valence-corrected chi connectivity index (χ0v) is 14.9. The van der Waals surface area contributed by atoms with Gasteiger partial charge in [-0.15, -0.1) is 0 Å². The molecule has 5 heteroatoms. The molecule has 0 aliphatic carbocycles. The molecule has 130 valence electrons. The third-order valence-electron chi connectivity index (χ3n) is 4.41. The maximum atomic E-state index is 12.6. The van der Waals surface area contributed by atoms with Crippen LogP contribution in [0.2, 0.25) is 0 Å². The van der Waals surface area contributed by atoms with Gasteiger partial charge in [0.15, 0.2) is 11.5 Å². The lowest BCUT2D eigenvalue weighted by atomic mass is 9.92. The summed E-state index contributed by atoms with van der Waals surface area (Å²) in [6.07, 6.45) is 1.04. The van der Waals surface area contributed by atoms with Gasteiger partial charge in [-0.3, -0.25) is 9.59 Å². The molecule has 0 spiro atoms. The van der Waals surface area contributed by atoms with E-state index in [9.17, 15) is 14.7 Å². The Bertz CT molecular complexity index is 664. The average Bonchev–Trinajstić information content (AvgIpc) is 2.79. The number of carbonyl (C=O) groups is 2. The number of aryl methyl sites for hydroxylation is 1. The van der Waals surface area contributed by atoms with Crippen LogP contribution in [0.25, 0.3) is 0 Å². The van der Waals surface area contributed by atoms with Crippen LogP contribution in [0.3, 0.4) is 0 Å². The fourth-order valence-corrected chi connectivity index (χ4v) is 3.13. The van der Waals surface area contributed by atoms with E-state index in [1.807, 2.05) is 45.3 Å². The molecule has 1 aromatic rings. The summed E-state index contributed by atoms with van der Waals surface area (Å²) in [6.45, 7) is 5.04. The minimum Gasteiger partial charge on any atom is -0.503 e. The molecule has 1 aliphatic rings. The largest absolute Gasteiger partial charge is 0.503 e. The summed E-state index contributed by atoms with van der Waals surface area (Å²) in [5.41, 5.74) is 2.14. The highest BCUT2D eigenvalue weighted by molar-refractivity contribution is 6.08. The standard InChI is InChI=1S/C19H26N2O3/c1-5-15(22)16-17(14-10-7-6-9-13(14)2)21(19(24)18(16)23)12-8-11-20(3)4/h6-7,9-10,17,23H,5,8,11-12H2,1-4H3. The van der Waals surface area contributed by atoms with Crippen molar-refractivity contribution in [3.63, 3.8) is 0 Å². The third kappa shape index (κ3) is 3.51. The average molecular weight is 330 g/mol. The molecule has 24 heavy (non-hydrogen) atoms. The minimum absolute atomic E-state index is 0.177. The van der Waals surface area contributed by atoms with Gasteiger partial charge in [0.05, 0.1) is 11.6 Å². The number of ketones is 1. The number of benzene rings is 1. The van der Waals surface area contributed by atoms with Gasteiger partial charge in [0.2, 0.25) is 0 Å². The fourth-order valence-electron chi connectivity index (χ4n) is 3.13. The number of nitrogens with zero attached hydrogens (tertiary/aromatic N) is 2. The summed E-state index contributed by atoms with van der Waals surface area (Å²) in [7, 11) is 3.96. The predicted octanol–water partition coefficient (Wildman–Crippen LogP) is 2.62. The smallest absolute Gasteiger partial charge is 0.290 e. The molecule has 1 heterocycles. The first-order chi connectivity index (χ1) is 11.4. The molecule has 1 atom stereocenters. The lowest BCUT2D eigenvalue weighted by molar-refractivity contribution is -0.129. The first kappa shape index (κ1) is 18.2. The number of amides is 1. The highest BCUT2D eigenvalue weighted by atomic mass is 16.3. The Kier molecular flexibility index (Phi) is 5.78. The van der Waals surface area contributed by atoms with Crippen LogP contribution in [0, 0.1) is 6.92 Å². The quantitative estimate of drug-likeness (QED) is 0.835. The molecule has 0 aromatic heterocycles. The van der Waals surface area contributed by atoms with Gasteiger partial charge in [0, 0.05) is 13.0 Å². The molecular weight excluding hydrogens is 304 g/mol. The maximum Gasteiger partial charge on any atom is 0.290 e. The van der Waals surface area contributed by atoms with E-state index in [1.165, 1.54) is 0 Å². The summed E-state index contributed by atoms with van der Waals surface area (Å²) in [4.78, 5) is 28.6. The monoisotopic (exact) mass is 330 g/mol. The van der Waals surface area contributed by atoms with Gasteiger partial charge in [-0.25, -0.2) is 0 Å². The summed E-state index contributed by atoms with van der Waals surface area (Å²) < 4.78 is 0. The van der Waals surface area contributed by atoms with Crippen LogP contribution in [0.5, 0.6) is 0 Å². The van der Waals surface area contributed by atoms with E-state index in [0.717, 1.165) is 24.1 Å². The number of carbonyl (C=O) groups excluding carboxylic acids is 2. The molecular formula is C19H26N2O3. The number of rotatable bonds is 7. The number of hydrogen-bond acceptors (Lipinski definition) is 4. The normalized spacial score (nSPS) is 18.0.